The van der Waals surface area contributed by atoms with Gasteiger partial charge in [-0.2, -0.15) is 18.4 Å². The van der Waals surface area contributed by atoms with Crippen molar-refractivity contribution in [2.75, 3.05) is 7.11 Å². The molecule has 9 heteroatoms. The summed E-state index contributed by atoms with van der Waals surface area (Å²) in [4.78, 5) is 7.40. The van der Waals surface area contributed by atoms with E-state index in [0.717, 1.165) is 17.7 Å². The summed E-state index contributed by atoms with van der Waals surface area (Å²) in [5.74, 6) is 1.39. The fourth-order valence-corrected chi connectivity index (χ4v) is 3.37. The monoisotopic (exact) mass is 459 g/mol. The van der Waals surface area contributed by atoms with Gasteiger partial charge in [-0.25, -0.2) is 4.98 Å². The second-order valence-corrected chi connectivity index (χ2v) is 7.40. The molecule has 4 aromatic rings. The Balaban J connectivity index is 1.53. The third-order valence-electron chi connectivity index (χ3n) is 5.17. The number of alkyl halides is 3. The number of nitriles is 1. The van der Waals surface area contributed by atoms with Crippen molar-refractivity contribution >= 4 is 13.3 Å². The molecule has 5 nitrogen and oxygen atoms in total. The fourth-order valence-electron chi connectivity index (χ4n) is 3.37. The van der Waals surface area contributed by atoms with E-state index in [1.807, 2.05) is 0 Å². The van der Waals surface area contributed by atoms with Crippen molar-refractivity contribution in [1.82, 2.24) is 9.97 Å². The van der Waals surface area contributed by atoms with Gasteiger partial charge >= 0.3 is 6.18 Å². The summed E-state index contributed by atoms with van der Waals surface area (Å²) in [6.45, 7) is 0.154. The van der Waals surface area contributed by atoms with Crippen LogP contribution in [0.25, 0.3) is 22.6 Å². The van der Waals surface area contributed by atoms with E-state index >= 15 is 0 Å². The third kappa shape index (κ3) is 4.91. The molecule has 3 aromatic carbocycles. The van der Waals surface area contributed by atoms with Crippen molar-refractivity contribution in [3.05, 3.63) is 83.6 Å². The highest BCUT2D eigenvalue weighted by Crippen LogP contribution is 2.34. The number of aromatic amines is 1. The zero-order chi connectivity index (χ0) is 24.3. The van der Waals surface area contributed by atoms with Gasteiger partial charge in [0, 0.05) is 16.7 Å². The summed E-state index contributed by atoms with van der Waals surface area (Å²) in [5, 5.41) is 9.29. The molecule has 0 saturated heterocycles. The van der Waals surface area contributed by atoms with Gasteiger partial charge in [0.1, 0.15) is 20.3 Å². The van der Waals surface area contributed by atoms with Gasteiger partial charge in [0.05, 0.1) is 36.2 Å². The van der Waals surface area contributed by atoms with Crippen LogP contribution in [-0.2, 0) is 12.8 Å². The maximum absolute atomic E-state index is 12.8. The van der Waals surface area contributed by atoms with Crippen LogP contribution in [-0.4, -0.2) is 24.9 Å². The van der Waals surface area contributed by atoms with Crippen LogP contribution in [0.5, 0.6) is 11.5 Å². The van der Waals surface area contributed by atoms with E-state index in [0.29, 0.717) is 45.2 Å². The highest BCUT2D eigenvalue weighted by molar-refractivity contribution is 6.32. The Labute approximate surface area is 195 Å². The van der Waals surface area contributed by atoms with Crippen molar-refractivity contribution in [2.45, 2.75) is 12.8 Å². The molecule has 0 aliphatic rings. The summed E-state index contributed by atoms with van der Waals surface area (Å²) in [6.07, 6.45) is -2.80. The van der Waals surface area contributed by atoms with Crippen molar-refractivity contribution in [3.8, 4) is 40.2 Å². The number of rotatable bonds is 6. The first-order valence-electron chi connectivity index (χ1n) is 10.1. The van der Waals surface area contributed by atoms with E-state index in [-0.39, 0.29) is 6.61 Å². The molecule has 0 bridgehead atoms. The Kier molecular flexibility index (Phi) is 6.33. The van der Waals surface area contributed by atoms with Crippen molar-refractivity contribution < 1.29 is 22.6 Å². The Morgan fingerprint density at radius 1 is 1.00 bits per heavy atom. The number of hydrogen-bond acceptors (Lipinski definition) is 4. The molecule has 0 unspecified atom stereocenters. The Morgan fingerprint density at radius 3 is 2.41 bits per heavy atom. The summed E-state index contributed by atoms with van der Waals surface area (Å²) in [7, 11) is 7.24. The lowest BCUT2D eigenvalue weighted by Crippen LogP contribution is -2.06. The molecule has 0 aliphatic carbocycles. The second kappa shape index (κ2) is 9.36. The normalized spacial score (nSPS) is 11.1. The average Bonchev–Trinajstić information content (AvgIpc) is 3.33. The van der Waals surface area contributed by atoms with Gasteiger partial charge in [-0.1, -0.05) is 35.8 Å². The molecule has 1 aromatic heterocycles. The van der Waals surface area contributed by atoms with E-state index in [2.05, 4.69) is 16.0 Å². The lowest BCUT2D eigenvalue weighted by molar-refractivity contribution is -0.137. The molecule has 0 saturated carbocycles. The topological polar surface area (TPSA) is 70.9 Å². The number of halogens is 3. The molecule has 0 atom stereocenters. The van der Waals surface area contributed by atoms with E-state index in [1.54, 1.807) is 42.6 Å². The highest BCUT2D eigenvalue weighted by Gasteiger charge is 2.30. The van der Waals surface area contributed by atoms with Gasteiger partial charge in [-0.3, -0.25) is 0 Å². The first-order chi connectivity index (χ1) is 16.3. The van der Waals surface area contributed by atoms with E-state index in [1.165, 1.54) is 19.2 Å². The predicted molar refractivity (Wildman–Crippen MR) is 122 cm³/mol. The molecule has 1 N–H and O–H groups in total. The number of hydrogen-bond donors (Lipinski definition) is 1. The minimum absolute atomic E-state index is 0.154. The smallest absolute Gasteiger partial charge is 0.416 e. The van der Waals surface area contributed by atoms with Crippen molar-refractivity contribution in [3.63, 3.8) is 0 Å². The van der Waals surface area contributed by atoms with Gasteiger partial charge in [-0.05, 0) is 30.3 Å². The molecular formula is C25H17BF3N3O2. The van der Waals surface area contributed by atoms with Crippen LogP contribution in [0.1, 0.15) is 16.7 Å². The number of ether oxygens (including phenoxy) is 2. The lowest BCUT2D eigenvalue weighted by Gasteiger charge is -2.13. The predicted octanol–water partition coefficient (Wildman–Crippen LogP) is 5.02. The molecule has 0 fully saturated rings. The van der Waals surface area contributed by atoms with Crippen LogP contribution in [0.3, 0.4) is 0 Å². The second-order valence-electron chi connectivity index (χ2n) is 7.40. The molecule has 4 rings (SSSR count). The standard InChI is InChI=1S/C25H17BF3N3O2/c1-33-23-11-16(5-9-22(23)34-14-17-4-8-20(26)10-18(17)12-30)21-13-31-24(32-21)15-2-6-19(7-3-15)25(27,28)29/h2-11,13H,14H2,1H3,(H,31,32). The summed E-state index contributed by atoms with van der Waals surface area (Å²) in [5.41, 5.74) is 2.84. The van der Waals surface area contributed by atoms with E-state index < -0.39 is 11.7 Å². The molecule has 0 aliphatic heterocycles. The van der Waals surface area contributed by atoms with E-state index in [4.69, 9.17) is 17.3 Å². The third-order valence-corrected chi connectivity index (χ3v) is 5.17. The maximum atomic E-state index is 12.8. The number of nitrogens with one attached hydrogen (secondary N) is 1. The molecule has 168 valence electrons. The van der Waals surface area contributed by atoms with Crippen LogP contribution in [0, 0.1) is 11.3 Å². The summed E-state index contributed by atoms with van der Waals surface area (Å²) >= 11 is 0. The first-order valence-corrected chi connectivity index (χ1v) is 10.1. The Morgan fingerprint density at radius 2 is 1.74 bits per heavy atom. The molecule has 34 heavy (non-hydrogen) atoms. The molecule has 1 heterocycles. The highest BCUT2D eigenvalue weighted by atomic mass is 19.4. The van der Waals surface area contributed by atoms with Gasteiger partial charge in [0.2, 0.25) is 0 Å². The van der Waals surface area contributed by atoms with Crippen LogP contribution in [0.4, 0.5) is 13.2 Å². The van der Waals surface area contributed by atoms with Crippen LogP contribution < -0.4 is 14.9 Å². The first kappa shape index (κ1) is 23.0. The summed E-state index contributed by atoms with van der Waals surface area (Å²) in [6, 6.07) is 17.2. The Hall–Kier alpha value is -4.19. The Bertz CT molecular complexity index is 1360. The number of nitrogens with zero attached hydrogens (tertiary/aromatic N) is 2. The lowest BCUT2D eigenvalue weighted by atomic mass is 9.92. The summed E-state index contributed by atoms with van der Waals surface area (Å²) < 4.78 is 49.7. The number of aromatic nitrogens is 2. The van der Waals surface area contributed by atoms with Crippen LogP contribution >= 0.6 is 0 Å². The van der Waals surface area contributed by atoms with Gasteiger partial charge in [0.25, 0.3) is 0 Å². The molecular weight excluding hydrogens is 442 g/mol. The van der Waals surface area contributed by atoms with Crippen molar-refractivity contribution in [2.24, 2.45) is 0 Å². The fraction of sp³-hybridized carbons (Fsp3) is 0.120. The number of methoxy groups -OCH3 is 1. The largest absolute Gasteiger partial charge is 0.493 e. The van der Waals surface area contributed by atoms with Crippen molar-refractivity contribution in [1.29, 1.82) is 5.26 Å². The van der Waals surface area contributed by atoms with Crippen LogP contribution in [0.2, 0.25) is 0 Å². The number of imidazole rings is 1. The zero-order valence-electron chi connectivity index (χ0n) is 18.0. The number of H-pyrrole nitrogens is 1. The van der Waals surface area contributed by atoms with Gasteiger partial charge in [-0.15, -0.1) is 0 Å². The van der Waals surface area contributed by atoms with E-state index in [9.17, 15) is 18.4 Å². The maximum Gasteiger partial charge on any atom is 0.416 e. The van der Waals surface area contributed by atoms with Crippen LogP contribution in [0.15, 0.2) is 66.9 Å². The quantitative estimate of drug-likeness (QED) is 0.412. The average molecular weight is 459 g/mol. The molecule has 0 amide bonds. The molecule has 2 radical (unpaired) electrons. The minimum Gasteiger partial charge on any atom is -0.493 e. The SMILES string of the molecule is [B]c1ccc(COc2ccc(-c3cnc(-c4ccc(C(F)(F)F)cc4)[nH]3)cc2OC)c(C#N)c1. The van der Waals surface area contributed by atoms with Gasteiger partial charge in [0.15, 0.2) is 11.5 Å². The number of benzene rings is 3. The molecule has 0 spiro atoms. The van der Waals surface area contributed by atoms with Gasteiger partial charge < -0.3 is 14.5 Å². The zero-order valence-corrected chi connectivity index (χ0v) is 18.0. The minimum atomic E-state index is -4.39.